The van der Waals surface area contributed by atoms with Crippen LogP contribution in [0, 0.1) is 5.92 Å². The average Bonchev–Trinajstić information content (AvgIpc) is 3.29. The molecule has 5 N–H and O–H groups in total. The minimum atomic E-state index is -1.18. The van der Waals surface area contributed by atoms with Gasteiger partial charge in [0.05, 0.1) is 6.04 Å². The van der Waals surface area contributed by atoms with Crippen LogP contribution in [0.25, 0.3) is 10.9 Å². The van der Waals surface area contributed by atoms with Gasteiger partial charge in [-0.2, -0.15) is 0 Å². The summed E-state index contributed by atoms with van der Waals surface area (Å²) in [7, 11) is 0. The van der Waals surface area contributed by atoms with E-state index in [4.69, 9.17) is 0 Å². The Balaban J connectivity index is 1.50. The molecule has 1 aliphatic rings. The van der Waals surface area contributed by atoms with Crippen LogP contribution < -0.4 is 16.2 Å². The van der Waals surface area contributed by atoms with Gasteiger partial charge >= 0.3 is 0 Å². The van der Waals surface area contributed by atoms with Gasteiger partial charge in [0.15, 0.2) is 0 Å². The third-order valence-corrected chi connectivity index (χ3v) is 7.08. The van der Waals surface area contributed by atoms with Crippen molar-refractivity contribution < 1.29 is 14.7 Å². The number of amides is 2. The number of pyridine rings is 1. The summed E-state index contributed by atoms with van der Waals surface area (Å²) in [4.78, 5) is 44.3. The zero-order chi connectivity index (χ0) is 24.8. The monoisotopic (exact) mass is 496 g/mol. The molecule has 3 aromatic rings. The number of para-hydroxylation sites is 1. The fourth-order valence-electron chi connectivity index (χ4n) is 4.79. The molecule has 35 heavy (non-hydrogen) atoms. The lowest BCUT2D eigenvalue weighted by Crippen LogP contribution is -2.53. The molecule has 0 spiro atoms. The molecular formula is C26H32N4O4S. The Labute approximate surface area is 209 Å². The van der Waals surface area contributed by atoms with Crippen LogP contribution in [0.3, 0.4) is 0 Å². The smallest absolute Gasteiger partial charge is 0.268 e. The molecule has 8 nitrogen and oxygen atoms in total. The summed E-state index contributed by atoms with van der Waals surface area (Å²) in [5.41, 5.74) is 0.188. The summed E-state index contributed by atoms with van der Waals surface area (Å²) < 4.78 is 0. The van der Waals surface area contributed by atoms with Crippen molar-refractivity contribution in [3.8, 4) is 0 Å². The van der Waals surface area contributed by atoms with Crippen molar-refractivity contribution in [2.45, 2.75) is 62.5 Å². The van der Waals surface area contributed by atoms with Gasteiger partial charge in [0.1, 0.15) is 17.2 Å². The van der Waals surface area contributed by atoms with Crippen molar-refractivity contribution in [1.82, 2.24) is 20.6 Å². The first-order valence-corrected chi connectivity index (χ1v) is 12.6. The first-order valence-electron chi connectivity index (χ1n) is 12.1. The molecule has 1 aromatic carbocycles. The van der Waals surface area contributed by atoms with Crippen LogP contribution in [0.15, 0.2) is 53.5 Å². The van der Waals surface area contributed by atoms with Gasteiger partial charge in [0.2, 0.25) is 5.91 Å². The minimum Gasteiger partial charge on any atom is -0.381 e. The van der Waals surface area contributed by atoms with Crippen LogP contribution in [0.2, 0.25) is 0 Å². The molecule has 2 heterocycles. The number of hydrogen-bond acceptors (Lipinski definition) is 5. The molecule has 0 radical (unpaired) electrons. The quantitative estimate of drug-likeness (QED) is 0.201. The molecular weight excluding hydrogens is 464 g/mol. The average molecular weight is 497 g/mol. The number of aliphatic hydroxyl groups is 1. The Morgan fingerprint density at radius 1 is 1.09 bits per heavy atom. The second-order valence-electron chi connectivity index (χ2n) is 9.29. The fourth-order valence-corrected chi connectivity index (χ4v) is 4.97. The van der Waals surface area contributed by atoms with Gasteiger partial charge in [-0.1, -0.05) is 56.4 Å². The van der Waals surface area contributed by atoms with E-state index in [1.165, 1.54) is 12.6 Å². The Morgan fingerprint density at radius 2 is 1.86 bits per heavy atom. The SMILES string of the molecule is O=C(N[C@@H](CC1CCCCC1)C(=O)N[C@@H](Cc1ccc[nH]c1=O)[C@@H](O)S)c1cc2ccccc2[nH]1. The number of hydrogen-bond donors (Lipinski definition) is 6. The molecule has 1 aliphatic carbocycles. The lowest BCUT2D eigenvalue weighted by Gasteiger charge is -2.28. The molecule has 0 bridgehead atoms. The van der Waals surface area contributed by atoms with Gasteiger partial charge in [0.25, 0.3) is 11.5 Å². The maximum absolute atomic E-state index is 13.4. The number of H-pyrrole nitrogens is 2. The van der Waals surface area contributed by atoms with E-state index in [-0.39, 0.29) is 17.9 Å². The number of thiol groups is 1. The van der Waals surface area contributed by atoms with E-state index in [9.17, 15) is 19.5 Å². The first-order chi connectivity index (χ1) is 16.9. The lowest BCUT2D eigenvalue weighted by atomic mass is 9.84. The lowest BCUT2D eigenvalue weighted by molar-refractivity contribution is -0.124. The highest BCUT2D eigenvalue weighted by atomic mass is 32.1. The van der Waals surface area contributed by atoms with Gasteiger partial charge < -0.3 is 25.7 Å². The second kappa shape index (κ2) is 11.6. The summed E-state index contributed by atoms with van der Waals surface area (Å²) in [6.45, 7) is 0. The Kier molecular flexibility index (Phi) is 8.30. The van der Waals surface area contributed by atoms with E-state index in [1.807, 2.05) is 24.3 Å². The molecule has 9 heteroatoms. The first kappa shape index (κ1) is 25.1. The van der Waals surface area contributed by atoms with E-state index in [2.05, 4.69) is 33.2 Å². The summed E-state index contributed by atoms with van der Waals surface area (Å²) in [6, 6.07) is 11.1. The van der Waals surface area contributed by atoms with Crippen molar-refractivity contribution in [2.24, 2.45) is 5.92 Å². The van der Waals surface area contributed by atoms with Gasteiger partial charge in [-0.05, 0) is 30.5 Å². The van der Waals surface area contributed by atoms with Crippen molar-refractivity contribution in [2.75, 3.05) is 0 Å². The van der Waals surface area contributed by atoms with Crippen molar-refractivity contribution in [3.63, 3.8) is 0 Å². The third-order valence-electron chi connectivity index (χ3n) is 6.72. The molecule has 1 saturated carbocycles. The largest absolute Gasteiger partial charge is 0.381 e. The second-order valence-corrected chi connectivity index (χ2v) is 9.82. The Morgan fingerprint density at radius 3 is 2.57 bits per heavy atom. The zero-order valence-corrected chi connectivity index (χ0v) is 20.4. The summed E-state index contributed by atoms with van der Waals surface area (Å²) in [5, 5.41) is 16.8. The number of aromatic amines is 2. The molecule has 186 valence electrons. The highest BCUT2D eigenvalue weighted by molar-refractivity contribution is 7.80. The highest BCUT2D eigenvalue weighted by Gasteiger charge is 2.30. The third kappa shape index (κ3) is 6.55. The topological polar surface area (TPSA) is 127 Å². The molecule has 2 aromatic heterocycles. The molecule has 0 aliphatic heterocycles. The number of rotatable bonds is 9. The number of aromatic nitrogens is 2. The molecule has 2 amide bonds. The van der Waals surface area contributed by atoms with Crippen LogP contribution in [-0.2, 0) is 11.2 Å². The van der Waals surface area contributed by atoms with Crippen molar-refractivity contribution in [1.29, 1.82) is 0 Å². The summed E-state index contributed by atoms with van der Waals surface area (Å²) in [5.74, 6) is -0.427. The van der Waals surface area contributed by atoms with E-state index < -0.39 is 23.4 Å². The molecule has 0 unspecified atom stereocenters. The molecule has 3 atom stereocenters. The van der Waals surface area contributed by atoms with Gasteiger partial charge in [-0.15, -0.1) is 12.6 Å². The van der Waals surface area contributed by atoms with E-state index in [1.54, 1.807) is 18.2 Å². The maximum Gasteiger partial charge on any atom is 0.268 e. The predicted octanol–water partition coefficient (Wildman–Crippen LogP) is 2.90. The van der Waals surface area contributed by atoms with E-state index >= 15 is 0 Å². The maximum atomic E-state index is 13.4. The van der Waals surface area contributed by atoms with Gasteiger partial charge in [0, 0.05) is 29.1 Å². The van der Waals surface area contributed by atoms with Crippen LogP contribution in [-0.4, -0.2) is 44.4 Å². The van der Waals surface area contributed by atoms with E-state index in [0.717, 1.165) is 36.6 Å². The predicted molar refractivity (Wildman–Crippen MR) is 138 cm³/mol. The molecule has 4 rings (SSSR count). The fraction of sp³-hybridized carbons (Fsp3) is 0.423. The Bertz CT molecular complexity index is 1180. The molecule has 1 fully saturated rings. The zero-order valence-electron chi connectivity index (χ0n) is 19.5. The number of carbonyl (C=O) groups is 2. The standard InChI is InChI=1S/C26H32N4O4S/c31-23-18(10-6-12-27-23)15-22(26(34)35)30-24(32)20(13-16-7-2-1-3-8-16)29-25(33)21-14-17-9-4-5-11-19(17)28-21/h4-6,9-12,14,16,20,22,26,28,34-35H,1-3,7-8,13,15H2,(H,27,31)(H,29,33)(H,30,32)/t20-,22-,26-/m0/s1. The number of nitrogens with one attached hydrogen (secondary N) is 4. The van der Waals surface area contributed by atoms with Crippen molar-refractivity contribution >= 4 is 35.3 Å². The highest BCUT2D eigenvalue weighted by Crippen LogP contribution is 2.27. The minimum absolute atomic E-state index is 0.110. The summed E-state index contributed by atoms with van der Waals surface area (Å²) >= 11 is 4.12. The normalized spacial score (nSPS) is 17.0. The summed E-state index contributed by atoms with van der Waals surface area (Å²) in [6.07, 6.45) is 7.60. The number of aliphatic hydroxyl groups excluding tert-OH is 1. The van der Waals surface area contributed by atoms with Crippen LogP contribution in [0.1, 0.15) is 54.6 Å². The van der Waals surface area contributed by atoms with Crippen LogP contribution in [0.5, 0.6) is 0 Å². The number of fused-ring (bicyclic) bond motifs is 1. The molecule has 0 saturated heterocycles. The van der Waals surface area contributed by atoms with Gasteiger partial charge in [-0.25, -0.2) is 0 Å². The van der Waals surface area contributed by atoms with Crippen LogP contribution in [0.4, 0.5) is 0 Å². The number of benzene rings is 1. The van der Waals surface area contributed by atoms with Crippen molar-refractivity contribution in [3.05, 3.63) is 70.3 Å². The van der Waals surface area contributed by atoms with E-state index in [0.29, 0.717) is 23.6 Å². The van der Waals surface area contributed by atoms with Gasteiger partial charge in [-0.3, -0.25) is 14.4 Å². The Hall–Kier alpha value is -3.04. The van der Waals surface area contributed by atoms with Crippen LogP contribution >= 0.6 is 12.6 Å². The number of carbonyl (C=O) groups excluding carboxylic acids is 2.